The van der Waals surface area contributed by atoms with Crippen molar-refractivity contribution in [3.05, 3.63) is 64.7 Å². The Hall–Kier alpha value is -2.96. The molecule has 136 valence electrons. The third kappa shape index (κ3) is 3.82. The number of nitrogens with zero attached hydrogens (tertiary/aromatic N) is 1. The van der Waals surface area contributed by atoms with Crippen LogP contribution in [0.4, 0.5) is 19.3 Å². The van der Waals surface area contributed by atoms with Gasteiger partial charge in [-0.05, 0) is 49.2 Å². The summed E-state index contributed by atoms with van der Waals surface area (Å²) < 4.78 is 27.4. The summed E-state index contributed by atoms with van der Waals surface area (Å²) in [7, 11) is 0. The Morgan fingerprint density at radius 3 is 2.77 bits per heavy atom. The lowest BCUT2D eigenvalue weighted by Gasteiger charge is -2.29. The largest absolute Gasteiger partial charge is 0.348 e. The minimum absolute atomic E-state index is 0.125. The van der Waals surface area contributed by atoms with Crippen molar-refractivity contribution in [2.75, 3.05) is 11.9 Å². The van der Waals surface area contributed by atoms with Crippen molar-refractivity contribution in [1.29, 1.82) is 0 Å². The van der Waals surface area contributed by atoms with E-state index < -0.39 is 29.6 Å². The molecule has 3 rings (SSSR count). The molecule has 0 radical (unpaired) electrons. The summed E-state index contributed by atoms with van der Waals surface area (Å²) in [6.07, 6.45) is 0. The summed E-state index contributed by atoms with van der Waals surface area (Å²) in [5.41, 5.74) is 2.29. The monoisotopic (exact) mass is 359 g/mol. The molecule has 2 N–H and O–H groups in total. The van der Waals surface area contributed by atoms with Gasteiger partial charge in [0.25, 0.3) is 0 Å². The lowest BCUT2D eigenvalue weighted by molar-refractivity contribution is -0.122. The van der Waals surface area contributed by atoms with Crippen molar-refractivity contribution in [1.82, 2.24) is 10.2 Å². The fourth-order valence-electron chi connectivity index (χ4n) is 2.94. The van der Waals surface area contributed by atoms with Crippen molar-refractivity contribution in [2.24, 2.45) is 0 Å². The molecule has 0 bridgehead atoms. The molecule has 2 aromatic rings. The van der Waals surface area contributed by atoms with Crippen molar-refractivity contribution < 1.29 is 18.4 Å². The Labute approximate surface area is 150 Å². The van der Waals surface area contributed by atoms with Gasteiger partial charge in [-0.3, -0.25) is 4.79 Å². The van der Waals surface area contributed by atoms with Gasteiger partial charge in [0.05, 0.1) is 12.6 Å². The van der Waals surface area contributed by atoms with Crippen LogP contribution in [0.3, 0.4) is 0 Å². The lowest BCUT2D eigenvalue weighted by Crippen LogP contribution is -2.45. The minimum atomic E-state index is -0.541. The second kappa shape index (κ2) is 7.11. The van der Waals surface area contributed by atoms with Crippen molar-refractivity contribution >= 4 is 17.6 Å². The van der Waals surface area contributed by atoms with Gasteiger partial charge in [-0.25, -0.2) is 13.6 Å². The molecule has 2 aromatic carbocycles. The Kier molecular flexibility index (Phi) is 4.88. The van der Waals surface area contributed by atoms with Crippen LogP contribution in [0.15, 0.2) is 36.4 Å². The van der Waals surface area contributed by atoms with Crippen LogP contribution in [0.1, 0.15) is 29.7 Å². The molecule has 3 amide bonds. The Bertz CT molecular complexity index is 870. The van der Waals surface area contributed by atoms with Gasteiger partial charge in [-0.1, -0.05) is 12.1 Å². The van der Waals surface area contributed by atoms with E-state index in [1.54, 1.807) is 26.0 Å². The van der Waals surface area contributed by atoms with E-state index in [2.05, 4.69) is 10.6 Å². The van der Waals surface area contributed by atoms with Crippen LogP contribution in [0.25, 0.3) is 0 Å². The first-order valence-corrected chi connectivity index (χ1v) is 8.23. The number of rotatable bonds is 4. The Morgan fingerprint density at radius 2 is 2.04 bits per heavy atom. The highest BCUT2D eigenvalue weighted by molar-refractivity contribution is 5.94. The third-order valence-corrected chi connectivity index (χ3v) is 4.29. The molecule has 5 nitrogen and oxygen atoms in total. The van der Waals surface area contributed by atoms with E-state index in [1.165, 1.54) is 29.2 Å². The first-order chi connectivity index (χ1) is 12.3. The highest BCUT2D eigenvalue weighted by Crippen LogP contribution is 2.24. The highest BCUT2D eigenvalue weighted by Gasteiger charge is 2.25. The topological polar surface area (TPSA) is 61.4 Å². The average Bonchev–Trinajstić information content (AvgIpc) is 2.55. The summed E-state index contributed by atoms with van der Waals surface area (Å²) in [5, 5.41) is 5.31. The standard InChI is InChI=1S/C19H19F2N3O2/c1-11-3-5-15(16(21)7-11)12(2)22-18(25)10-24-9-13-8-14(20)4-6-17(13)23-19(24)26/h3-8,12H,9-10H2,1-2H3,(H,22,25)(H,23,26)/t12-/m1/s1. The summed E-state index contributed by atoms with van der Waals surface area (Å²) in [4.78, 5) is 25.6. The molecule has 1 heterocycles. The molecular weight excluding hydrogens is 340 g/mol. The normalized spacial score (nSPS) is 14.5. The van der Waals surface area contributed by atoms with Crippen LogP contribution < -0.4 is 10.6 Å². The fraction of sp³-hybridized carbons (Fsp3) is 0.263. The molecular formula is C19H19F2N3O2. The van der Waals surface area contributed by atoms with E-state index in [1.807, 2.05) is 0 Å². The average molecular weight is 359 g/mol. The molecule has 1 aliphatic heterocycles. The third-order valence-electron chi connectivity index (χ3n) is 4.29. The Balaban J connectivity index is 1.65. The number of carbonyl (C=O) groups is 2. The molecule has 1 atom stereocenters. The maximum Gasteiger partial charge on any atom is 0.322 e. The van der Waals surface area contributed by atoms with Gasteiger partial charge in [0, 0.05) is 11.3 Å². The second-order valence-electron chi connectivity index (χ2n) is 6.40. The fourth-order valence-corrected chi connectivity index (χ4v) is 2.94. The predicted octanol–water partition coefficient (Wildman–Crippen LogP) is 3.50. The zero-order chi connectivity index (χ0) is 18.8. The number of anilines is 1. The molecule has 0 unspecified atom stereocenters. The molecule has 0 aromatic heterocycles. The van der Waals surface area contributed by atoms with E-state index in [4.69, 9.17) is 0 Å². The number of amides is 3. The molecule has 0 aliphatic carbocycles. The molecule has 0 saturated carbocycles. The number of carbonyl (C=O) groups excluding carboxylic acids is 2. The first-order valence-electron chi connectivity index (χ1n) is 8.23. The number of benzene rings is 2. The first kappa shape index (κ1) is 17.8. The molecule has 0 spiro atoms. The number of nitrogens with one attached hydrogen (secondary N) is 2. The van der Waals surface area contributed by atoms with Crippen LogP contribution in [0, 0.1) is 18.6 Å². The molecule has 0 saturated heterocycles. The number of hydrogen-bond donors (Lipinski definition) is 2. The van der Waals surface area contributed by atoms with Gasteiger partial charge in [-0.15, -0.1) is 0 Å². The molecule has 0 fully saturated rings. The van der Waals surface area contributed by atoms with E-state index in [0.717, 1.165) is 5.56 Å². The van der Waals surface area contributed by atoms with Gasteiger partial charge in [0.1, 0.15) is 18.2 Å². The molecule has 26 heavy (non-hydrogen) atoms. The summed E-state index contributed by atoms with van der Waals surface area (Å²) in [6.45, 7) is 3.37. The van der Waals surface area contributed by atoms with Gasteiger partial charge in [0.15, 0.2) is 0 Å². The van der Waals surface area contributed by atoms with Gasteiger partial charge in [-0.2, -0.15) is 0 Å². The predicted molar refractivity (Wildman–Crippen MR) is 93.5 cm³/mol. The van der Waals surface area contributed by atoms with E-state index in [-0.39, 0.29) is 13.1 Å². The van der Waals surface area contributed by atoms with Gasteiger partial charge in [0.2, 0.25) is 5.91 Å². The summed E-state index contributed by atoms with van der Waals surface area (Å²) in [6, 6.07) is 7.90. The minimum Gasteiger partial charge on any atom is -0.348 e. The Morgan fingerprint density at radius 1 is 1.27 bits per heavy atom. The second-order valence-corrected chi connectivity index (χ2v) is 6.40. The van der Waals surface area contributed by atoms with Crippen molar-refractivity contribution in [3.63, 3.8) is 0 Å². The lowest BCUT2D eigenvalue weighted by atomic mass is 10.1. The maximum absolute atomic E-state index is 14.0. The smallest absolute Gasteiger partial charge is 0.322 e. The van der Waals surface area contributed by atoms with Crippen LogP contribution in [-0.4, -0.2) is 23.4 Å². The van der Waals surface area contributed by atoms with Gasteiger partial charge < -0.3 is 15.5 Å². The number of halogens is 2. The zero-order valence-corrected chi connectivity index (χ0v) is 14.5. The van der Waals surface area contributed by atoms with Crippen LogP contribution in [-0.2, 0) is 11.3 Å². The van der Waals surface area contributed by atoms with Crippen LogP contribution in [0.2, 0.25) is 0 Å². The number of urea groups is 1. The van der Waals surface area contributed by atoms with Crippen molar-refractivity contribution in [3.8, 4) is 0 Å². The van der Waals surface area contributed by atoms with E-state index in [9.17, 15) is 18.4 Å². The van der Waals surface area contributed by atoms with Crippen LogP contribution >= 0.6 is 0 Å². The quantitative estimate of drug-likeness (QED) is 0.878. The van der Waals surface area contributed by atoms with Crippen LogP contribution in [0.5, 0.6) is 0 Å². The van der Waals surface area contributed by atoms with E-state index in [0.29, 0.717) is 16.8 Å². The molecule has 7 heteroatoms. The van der Waals surface area contributed by atoms with Crippen molar-refractivity contribution in [2.45, 2.75) is 26.4 Å². The van der Waals surface area contributed by atoms with Gasteiger partial charge >= 0.3 is 6.03 Å². The number of fused-ring (bicyclic) bond motifs is 1. The highest BCUT2D eigenvalue weighted by atomic mass is 19.1. The zero-order valence-electron chi connectivity index (χ0n) is 14.5. The van der Waals surface area contributed by atoms with E-state index >= 15 is 0 Å². The summed E-state index contributed by atoms with van der Waals surface area (Å²) >= 11 is 0. The number of aryl methyl sites for hydroxylation is 1. The SMILES string of the molecule is Cc1ccc([C@@H](C)NC(=O)CN2Cc3cc(F)ccc3NC2=O)c(F)c1. The number of hydrogen-bond acceptors (Lipinski definition) is 2. The molecule has 1 aliphatic rings. The summed E-state index contributed by atoms with van der Waals surface area (Å²) in [5.74, 6) is -1.22. The maximum atomic E-state index is 14.0.